The second kappa shape index (κ2) is 6.06. The standard InChI is InChI=1S/C18H21BrN2O/c1-13(11-22)9-21-10-16(18(12-20)6-2-3-7-18)15-5-4-14(19)8-17(15)21/h4-5,8,10,13,22H,2-3,6-7,9,11H2,1H3/t13-/m0/s1. The Balaban J connectivity index is 2.17. The van der Waals surface area contributed by atoms with E-state index in [4.69, 9.17) is 0 Å². The Morgan fingerprint density at radius 1 is 1.41 bits per heavy atom. The van der Waals surface area contributed by atoms with Crippen LogP contribution in [-0.2, 0) is 12.0 Å². The first-order valence-corrected chi connectivity index (χ1v) is 8.70. The van der Waals surface area contributed by atoms with Crippen LogP contribution in [0.25, 0.3) is 10.9 Å². The Bertz CT molecular complexity index is 722. The fraction of sp³-hybridized carbons (Fsp3) is 0.500. The number of rotatable bonds is 4. The van der Waals surface area contributed by atoms with E-state index in [2.05, 4.69) is 44.9 Å². The van der Waals surface area contributed by atoms with E-state index in [0.29, 0.717) is 0 Å². The number of aliphatic hydroxyl groups is 1. The molecule has 0 unspecified atom stereocenters. The van der Waals surface area contributed by atoms with Crippen molar-refractivity contribution in [2.75, 3.05) is 6.61 Å². The molecule has 1 aromatic heterocycles. The van der Waals surface area contributed by atoms with Gasteiger partial charge < -0.3 is 9.67 Å². The maximum Gasteiger partial charge on any atom is 0.0843 e. The molecule has 0 aliphatic heterocycles. The summed E-state index contributed by atoms with van der Waals surface area (Å²) in [6, 6.07) is 8.89. The molecule has 1 saturated carbocycles. The fourth-order valence-electron chi connectivity index (χ4n) is 3.61. The summed E-state index contributed by atoms with van der Waals surface area (Å²) in [6.07, 6.45) is 6.31. The summed E-state index contributed by atoms with van der Waals surface area (Å²) in [5, 5.41) is 20.4. The number of nitriles is 1. The van der Waals surface area contributed by atoms with Crippen LogP contribution in [0.3, 0.4) is 0 Å². The van der Waals surface area contributed by atoms with Crippen molar-refractivity contribution in [1.29, 1.82) is 5.26 Å². The Kier molecular flexibility index (Phi) is 4.29. The Morgan fingerprint density at radius 3 is 2.77 bits per heavy atom. The summed E-state index contributed by atoms with van der Waals surface area (Å²) in [5.41, 5.74) is 1.98. The van der Waals surface area contributed by atoms with Crippen molar-refractivity contribution in [2.45, 2.75) is 44.6 Å². The Labute approximate surface area is 139 Å². The van der Waals surface area contributed by atoms with E-state index >= 15 is 0 Å². The number of nitrogens with zero attached hydrogens (tertiary/aromatic N) is 2. The van der Waals surface area contributed by atoms with Crippen molar-refractivity contribution < 1.29 is 5.11 Å². The van der Waals surface area contributed by atoms with E-state index in [0.717, 1.165) is 42.2 Å². The van der Waals surface area contributed by atoms with Crippen molar-refractivity contribution >= 4 is 26.8 Å². The summed E-state index contributed by atoms with van der Waals surface area (Å²) in [7, 11) is 0. The topological polar surface area (TPSA) is 49.0 Å². The first kappa shape index (κ1) is 15.6. The van der Waals surface area contributed by atoms with Crippen molar-refractivity contribution in [2.24, 2.45) is 5.92 Å². The van der Waals surface area contributed by atoms with Crippen molar-refractivity contribution in [3.8, 4) is 6.07 Å². The van der Waals surface area contributed by atoms with E-state index in [1.54, 1.807) is 0 Å². The maximum atomic E-state index is 9.81. The van der Waals surface area contributed by atoms with Gasteiger partial charge in [0.15, 0.2) is 0 Å². The van der Waals surface area contributed by atoms with Gasteiger partial charge in [-0.3, -0.25) is 0 Å². The van der Waals surface area contributed by atoms with Gasteiger partial charge in [-0.25, -0.2) is 0 Å². The molecule has 1 aliphatic carbocycles. The lowest BCUT2D eigenvalue weighted by molar-refractivity contribution is 0.224. The zero-order valence-electron chi connectivity index (χ0n) is 12.8. The van der Waals surface area contributed by atoms with Crippen LogP contribution in [-0.4, -0.2) is 16.3 Å². The van der Waals surface area contributed by atoms with Gasteiger partial charge in [-0.2, -0.15) is 5.26 Å². The van der Waals surface area contributed by atoms with Crippen LogP contribution < -0.4 is 0 Å². The van der Waals surface area contributed by atoms with Crippen LogP contribution in [0.4, 0.5) is 0 Å². The molecule has 0 amide bonds. The lowest BCUT2D eigenvalue weighted by Gasteiger charge is -2.19. The second-order valence-electron chi connectivity index (χ2n) is 6.55. The Morgan fingerprint density at radius 2 is 2.14 bits per heavy atom. The summed E-state index contributed by atoms with van der Waals surface area (Å²) in [6.45, 7) is 2.98. The molecule has 0 spiro atoms. The van der Waals surface area contributed by atoms with Gasteiger partial charge >= 0.3 is 0 Å². The third-order valence-corrected chi connectivity index (χ3v) is 5.34. The normalized spacial score (nSPS) is 18.5. The van der Waals surface area contributed by atoms with Gasteiger partial charge in [0.2, 0.25) is 0 Å². The van der Waals surface area contributed by atoms with Gasteiger partial charge in [-0.1, -0.05) is 41.8 Å². The van der Waals surface area contributed by atoms with Crippen LogP contribution in [0.2, 0.25) is 0 Å². The molecule has 22 heavy (non-hydrogen) atoms. The lowest BCUT2D eigenvalue weighted by Crippen LogP contribution is -2.19. The monoisotopic (exact) mass is 360 g/mol. The highest BCUT2D eigenvalue weighted by Gasteiger charge is 2.38. The molecule has 1 aliphatic rings. The predicted octanol–water partition coefficient (Wildman–Crippen LogP) is 4.37. The molecule has 3 nitrogen and oxygen atoms in total. The smallest absolute Gasteiger partial charge is 0.0843 e. The predicted molar refractivity (Wildman–Crippen MR) is 91.6 cm³/mol. The molecular formula is C18H21BrN2O. The van der Waals surface area contributed by atoms with E-state index in [-0.39, 0.29) is 17.9 Å². The Hall–Kier alpha value is -1.31. The van der Waals surface area contributed by atoms with E-state index in [1.807, 2.05) is 13.0 Å². The summed E-state index contributed by atoms with van der Waals surface area (Å²) >= 11 is 3.55. The van der Waals surface area contributed by atoms with Gasteiger partial charge in [0.25, 0.3) is 0 Å². The van der Waals surface area contributed by atoms with Crippen LogP contribution in [0.15, 0.2) is 28.9 Å². The van der Waals surface area contributed by atoms with Crippen LogP contribution in [0, 0.1) is 17.2 Å². The minimum atomic E-state index is -0.334. The number of hydrogen-bond acceptors (Lipinski definition) is 2. The molecule has 0 radical (unpaired) electrons. The third-order valence-electron chi connectivity index (χ3n) is 4.85. The molecular weight excluding hydrogens is 340 g/mol. The van der Waals surface area contributed by atoms with Crippen molar-refractivity contribution in [1.82, 2.24) is 4.57 Å². The maximum absolute atomic E-state index is 9.81. The zero-order valence-corrected chi connectivity index (χ0v) is 14.4. The van der Waals surface area contributed by atoms with Crippen molar-refractivity contribution in [3.05, 3.63) is 34.4 Å². The minimum absolute atomic E-state index is 0.173. The zero-order chi connectivity index (χ0) is 15.7. The quantitative estimate of drug-likeness (QED) is 0.879. The largest absolute Gasteiger partial charge is 0.396 e. The fourth-order valence-corrected chi connectivity index (χ4v) is 3.96. The highest BCUT2D eigenvalue weighted by atomic mass is 79.9. The first-order valence-electron chi connectivity index (χ1n) is 7.90. The summed E-state index contributed by atoms with van der Waals surface area (Å²) < 4.78 is 3.24. The number of aliphatic hydroxyl groups excluding tert-OH is 1. The highest BCUT2D eigenvalue weighted by molar-refractivity contribution is 9.10. The van der Waals surface area contributed by atoms with Crippen LogP contribution in [0.5, 0.6) is 0 Å². The molecule has 1 fully saturated rings. The molecule has 116 valence electrons. The summed E-state index contributed by atoms with van der Waals surface area (Å²) in [4.78, 5) is 0. The van der Waals surface area contributed by atoms with E-state index in [9.17, 15) is 10.4 Å². The molecule has 2 aromatic rings. The highest BCUT2D eigenvalue weighted by Crippen LogP contribution is 2.44. The minimum Gasteiger partial charge on any atom is -0.396 e. The van der Waals surface area contributed by atoms with Gasteiger partial charge in [0.1, 0.15) is 0 Å². The number of benzene rings is 1. The van der Waals surface area contributed by atoms with Crippen LogP contribution in [0.1, 0.15) is 38.2 Å². The molecule has 1 atom stereocenters. The average Bonchev–Trinajstić information content (AvgIpc) is 3.13. The lowest BCUT2D eigenvalue weighted by atomic mass is 9.80. The average molecular weight is 361 g/mol. The molecule has 0 saturated heterocycles. The van der Waals surface area contributed by atoms with Gasteiger partial charge in [0, 0.05) is 34.7 Å². The number of hydrogen-bond donors (Lipinski definition) is 1. The second-order valence-corrected chi connectivity index (χ2v) is 7.46. The van der Waals surface area contributed by atoms with Crippen molar-refractivity contribution in [3.63, 3.8) is 0 Å². The molecule has 0 bridgehead atoms. The van der Waals surface area contributed by atoms with Gasteiger partial charge in [0.05, 0.1) is 11.5 Å². The third kappa shape index (κ3) is 2.57. The van der Waals surface area contributed by atoms with Gasteiger partial charge in [-0.15, -0.1) is 0 Å². The molecule has 1 aromatic carbocycles. The number of fused-ring (bicyclic) bond motifs is 1. The van der Waals surface area contributed by atoms with E-state index < -0.39 is 0 Å². The summed E-state index contributed by atoms with van der Waals surface area (Å²) in [5.74, 6) is 0.198. The number of aromatic nitrogens is 1. The number of halogens is 1. The molecule has 4 heteroatoms. The molecule has 1 N–H and O–H groups in total. The van der Waals surface area contributed by atoms with Gasteiger partial charge in [-0.05, 0) is 36.5 Å². The molecule has 1 heterocycles. The molecule has 3 rings (SSSR count). The van der Waals surface area contributed by atoms with E-state index in [1.165, 1.54) is 10.9 Å². The SMILES string of the molecule is C[C@H](CO)Cn1cc(C2(C#N)CCCC2)c2ccc(Br)cc21. The van der Waals surface area contributed by atoms with Crippen LogP contribution >= 0.6 is 15.9 Å². The first-order chi connectivity index (χ1) is 10.6.